The van der Waals surface area contributed by atoms with E-state index >= 15 is 0 Å². The Kier molecular flexibility index (Phi) is 3.57. The largest absolute Gasteiger partial charge is 0.478 e. The second-order valence-corrected chi connectivity index (χ2v) is 4.79. The summed E-state index contributed by atoms with van der Waals surface area (Å²) < 4.78 is 1.82. The van der Waals surface area contributed by atoms with Crippen molar-refractivity contribution in [3.05, 3.63) is 71.7 Å². The Morgan fingerprint density at radius 2 is 1.86 bits per heavy atom. The van der Waals surface area contributed by atoms with Gasteiger partial charge in [-0.15, -0.1) is 0 Å². The number of carbonyl (C=O) groups is 2. The van der Waals surface area contributed by atoms with Crippen LogP contribution < -0.4 is 5.32 Å². The molecule has 0 unspecified atom stereocenters. The van der Waals surface area contributed by atoms with Crippen LogP contribution in [0.4, 0.5) is 0 Å². The summed E-state index contributed by atoms with van der Waals surface area (Å²) in [5.41, 5.74) is 2.29. The van der Waals surface area contributed by atoms with E-state index in [1.165, 1.54) is 12.1 Å². The first-order valence-corrected chi connectivity index (χ1v) is 6.66. The first kappa shape index (κ1) is 13.8. The predicted molar refractivity (Wildman–Crippen MR) is 79.8 cm³/mol. The lowest BCUT2D eigenvalue weighted by molar-refractivity contribution is 0.0696. The molecule has 0 aliphatic carbocycles. The van der Waals surface area contributed by atoms with Crippen molar-refractivity contribution in [3.8, 4) is 0 Å². The maximum atomic E-state index is 12.1. The van der Waals surface area contributed by atoms with Crippen molar-refractivity contribution in [1.29, 1.82) is 0 Å². The Balaban J connectivity index is 1.67. The van der Waals surface area contributed by atoms with Gasteiger partial charge in [0.15, 0.2) is 0 Å². The summed E-state index contributed by atoms with van der Waals surface area (Å²) in [6.07, 6.45) is 5.25. The number of imidazole rings is 1. The number of hydrogen-bond donors (Lipinski definition) is 2. The van der Waals surface area contributed by atoms with Gasteiger partial charge in [-0.3, -0.25) is 4.79 Å². The molecule has 3 rings (SSSR count). The van der Waals surface area contributed by atoms with Gasteiger partial charge in [-0.05, 0) is 29.8 Å². The van der Waals surface area contributed by atoms with E-state index in [9.17, 15) is 9.59 Å². The number of aromatic nitrogens is 2. The quantitative estimate of drug-likeness (QED) is 0.770. The zero-order chi connectivity index (χ0) is 15.5. The smallest absolute Gasteiger partial charge is 0.335 e. The molecule has 0 fully saturated rings. The van der Waals surface area contributed by atoms with Crippen LogP contribution in [0.15, 0.2) is 55.0 Å². The molecule has 110 valence electrons. The van der Waals surface area contributed by atoms with Crippen LogP contribution in [0.2, 0.25) is 0 Å². The lowest BCUT2D eigenvalue weighted by Crippen LogP contribution is -2.22. The summed E-state index contributed by atoms with van der Waals surface area (Å²) in [6, 6.07) is 9.82. The molecule has 0 aliphatic heterocycles. The lowest BCUT2D eigenvalue weighted by atomic mass is 10.1. The third-order valence-corrected chi connectivity index (χ3v) is 3.31. The zero-order valence-corrected chi connectivity index (χ0v) is 11.6. The fourth-order valence-corrected chi connectivity index (χ4v) is 2.10. The van der Waals surface area contributed by atoms with Gasteiger partial charge in [-0.2, -0.15) is 0 Å². The van der Waals surface area contributed by atoms with Gasteiger partial charge in [0.2, 0.25) is 0 Å². The number of aromatic carboxylic acids is 1. The minimum Gasteiger partial charge on any atom is -0.478 e. The van der Waals surface area contributed by atoms with Crippen LogP contribution in [0, 0.1) is 0 Å². The average Bonchev–Trinajstić information content (AvgIpc) is 3.00. The van der Waals surface area contributed by atoms with Crippen molar-refractivity contribution >= 4 is 17.5 Å². The van der Waals surface area contributed by atoms with Crippen LogP contribution in [-0.4, -0.2) is 26.4 Å². The first-order chi connectivity index (χ1) is 10.6. The fourth-order valence-electron chi connectivity index (χ4n) is 2.10. The Hall–Kier alpha value is -3.15. The van der Waals surface area contributed by atoms with E-state index in [1.54, 1.807) is 42.9 Å². The highest BCUT2D eigenvalue weighted by atomic mass is 16.4. The minimum atomic E-state index is -0.969. The highest BCUT2D eigenvalue weighted by Gasteiger charge is 2.07. The normalized spacial score (nSPS) is 10.5. The van der Waals surface area contributed by atoms with Gasteiger partial charge in [0.25, 0.3) is 5.91 Å². The standard InChI is InChI=1S/C16H13N3O3/c20-15(13-5-7-19-8-6-17-14(19)9-13)18-10-11-1-3-12(4-2-11)16(21)22/h1-9H,10H2,(H,18,20)(H,21,22). The number of hydrogen-bond acceptors (Lipinski definition) is 3. The van der Waals surface area contributed by atoms with Crippen molar-refractivity contribution in [3.63, 3.8) is 0 Å². The van der Waals surface area contributed by atoms with Crippen molar-refractivity contribution in [2.75, 3.05) is 0 Å². The van der Waals surface area contributed by atoms with E-state index in [1.807, 2.05) is 4.40 Å². The van der Waals surface area contributed by atoms with E-state index in [0.717, 1.165) is 5.56 Å². The van der Waals surface area contributed by atoms with E-state index in [4.69, 9.17) is 5.11 Å². The molecule has 3 aromatic rings. The number of fused-ring (bicyclic) bond motifs is 1. The summed E-state index contributed by atoms with van der Waals surface area (Å²) in [5, 5.41) is 11.6. The Morgan fingerprint density at radius 3 is 2.59 bits per heavy atom. The number of nitrogens with one attached hydrogen (secondary N) is 1. The molecule has 22 heavy (non-hydrogen) atoms. The molecule has 0 radical (unpaired) electrons. The average molecular weight is 295 g/mol. The number of carboxylic acids is 1. The number of carbonyl (C=O) groups excluding carboxylic acids is 1. The number of benzene rings is 1. The second kappa shape index (κ2) is 5.69. The molecule has 1 aromatic carbocycles. The molecule has 2 aromatic heterocycles. The van der Waals surface area contributed by atoms with Crippen molar-refractivity contribution in [2.24, 2.45) is 0 Å². The molecule has 2 heterocycles. The van der Waals surface area contributed by atoms with Gasteiger partial charge in [-0.1, -0.05) is 12.1 Å². The zero-order valence-electron chi connectivity index (χ0n) is 11.6. The minimum absolute atomic E-state index is 0.201. The third kappa shape index (κ3) is 2.80. The molecule has 6 heteroatoms. The molecule has 0 atom stereocenters. The van der Waals surface area contributed by atoms with E-state index in [-0.39, 0.29) is 11.5 Å². The van der Waals surface area contributed by atoms with Gasteiger partial charge in [0.05, 0.1) is 5.56 Å². The molecule has 0 spiro atoms. The van der Waals surface area contributed by atoms with Crippen LogP contribution in [0.25, 0.3) is 5.65 Å². The molecular weight excluding hydrogens is 282 g/mol. The van der Waals surface area contributed by atoms with Crippen LogP contribution in [0.5, 0.6) is 0 Å². The van der Waals surface area contributed by atoms with Crippen LogP contribution >= 0.6 is 0 Å². The molecule has 2 N–H and O–H groups in total. The molecule has 6 nitrogen and oxygen atoms in total. The Labute approximate surface area is 126 Å². The Morgan fingerprint density at radius 1 is 1.09 bits per heavy atom. The number of carboxylic acid groups (broad SMARTS) is 1. The highest BCUT2D eigenvalue weighted by molar-refractivity contribution is 5.95. The summed E-state index contributed by atoms with van der Waals surface area (Å²) in [4.78, 5) is 27.0. The first-order valence-electron chi connectivity index (χ1n) is 6.66. The van der Waals surface area contributed by atoms with Crippen LogP contribution in [0.1, 0.15) is 26.3 Å². The summed E-state index contributed by atoms with van der Waals surface area (Å²) >= 11 is 0. The van der Waals surface area contributed by atoms with Crippen LogP contribution in [0.3, 0.4) is 0 Å². The molecule has 0 saturated heterocycles. The van der Waals surface area contributed by atoms with Crippen molar-refractivity contribution in [2.45, 2.75) is 6.54 Å². The van der Waals surface area contributed by atoms with Gasteiger partial charge in [0.1, 0.15) is 5.65 Å². The molecule has 0 aliphatic rings. The number of nitrogens with zero attached hydrogens (tertiary/aromatic N) is 2. The Bertz CT molecular complexity index is 837. The maximum absolute atomic E-state index is 12.1. The fraction of sp³-hybridized carbons (Fsp3) is 0.0625. The third-order valence-electron chi connectivity index (χ3n) is 3.31. The van der Waals surface area contributed by atoms with Gasteiger partial charge < -0.3 is 14.8 Å². The number of pyridine rings is 1. The molecule has 0 saturated carbocycles. The van der Waals surface area contributed by atoms with Gasteiger partial charge in [-0.25, -0.2) is 9.78 Å². The van der Waals surface area contributed by atoms with E-state index in [2.05, 4.69) is 10.3 Å². The predicted octanol–water partition coefficient (Wildman–Crippen LogP) is 1.96. The number of rotatable bonds is 4. The van der Waals surface area contributed by atoms with Crippen molar-refractivity contribution in [1.82, 2.24) is 14.7 Å². The highest BCUT2D eigenvalue weighted by Crippen LogP contribution is 2.07. The van der Waals surface area contributed by atoms with E-state index in [0.29, 0.717) is 17.8 Å². The monoisotopic (exact) mass is 295 g/mol. The lowest BCUT2D eigenvalue weighted by Gasteiger charge is -2.06. The van der Waals surface area contributed by atoms with Crippen molar-refractivity contribution < 1.29 is 14.7 Å². The maximum Gasteiger partial charge on any atom is 0.335 e. The van der Waals surface area contributed by atoms with E-state index < -0.39 is 5.97 Å². The van der Waals surface area contributed by atoms with Crippen LogP contribution in [-0.2, 0) is 6.54 Å². The second-order valence-electron chi connectivity index (χ2n) is 4.79. The SMILES string of the molecule is O=C(O)c1ccc(CNC(=O)c2ccn3ccnc3c2)cc1. The summed E-state index contributed by atoms with van der Waals surface area (Å²) in [7, 11) is 0. The summed E-state index contributed by atoms with van der Waals surface area (Å²) in [5.74, 6) is -1.17. The van der Waals surface area contributed by atoms with Gasteiger partial charge in [0, 0.05) is 30.7 Å². The molecule has 0 bridgehead atoms. The summed E-state index contributed by atoms with van der Waals surface area (Å²) in [6.45, 7) is 0.332. The topological polar surface area (TPSA) is 83.7 Å². The molecule has 1 amide bonds. The molecular formula is C16H13N3O3. The number of amides is 1. The van der Waals surface area contributed by atoms with Gasteiger partial charge >= 0.3 is 5.97 Å².